The summed E-state index contributed by atoms with van der Waals surface area (Å²) in [5.74, 6) is 1.58. The normalized spacial score (nSPS) is 10.5. The summed E-state index contributed by atoms with van der Waals surface area (Å²) in [5.41, 5.74) is 1.25. The fourth-order valence-corrected chi connectivity index (χ4v) is 2.16. The van der Waals surface area contributed by atoms with Crippen molar-refractivity contribution in [3.8, 4) is 5.75 Å². The SMILES string of the molecule is COc1ccccc1CNC(=O)c1ccnc(NCCC(C)C)n1. The number of para-hydroxylation sites is 1. The number of benzene rings is 1. The van der Waals surface area contributed by atoms with Crippen LogP contribution in [0.4, 0.5) is 5.95 Å². The average molecular weight is 328 g/mol. The van der Waals surface area contributed by atoms with Crippen molar-refractivity contribution in [2.24, 2.45) is 5.92 Å². The molecule has 0 saturated heterocycles. The van der Waals surface area contributed by atoms with Crippen LogP contribution in [0.15, 0.2) is 36.5 Å². The molecule has 0 aliphatic carbocycles. The molecule has 0 radical (unpaired) electrons. The van der Waals surface area contributed by atoms with Crippen LogP contribution < -0.4 is 15.4 Å². The molecule has 1 amide bonds. The van der Waals surface area contributed by atoms with Crippen LogP contribution in [0, 0.1) is 5.92 Å². The molecule has 6 nitrogen and oxygen atoms in total. The molecule has 0 fully saturated rings. The van der Waals surface area contributed by atoms with Crippen molar-refractivity contribution in [2.45, 2.75) is 26.8 Å². The van der Waals surface area contributed by atoms with Gasteiger partial charge in [0.2, 0.25) is 5.95 Å². The number of methoxy groups -OCH3 is 1. The molecule has 0 unspecified atom stereocenters. The number of amides is 1. The highest BCUT2D eigenvalue weighted by atomic mass is 16.5. The van der Waals surface area contributed by atoms with Gasteiger partial charge < -0.3 is 15.4 Å². The number of rotatable bonds is 8. The van der Waals surface area contributed by atoms with Crippen molar-refractivity contribution in [3.05, 3.63) is 47.8 Å². The van der Waals surface area contributed by atoms with Gasteiger partial charge in [-0.3, -0.25) is 4.79 Å². The lowest BCUT2D eigenvalue weighted by Crippen LogP contribution is -2.24. The highest BCUT2D eigenvalue weighted by molar-refractivity contribution is 5.92. The third kappa shape index (κ3) is 5.22. The van der Waals surface area contributed by atoms with E-state index in [1.54, 1.807) is 19.4 Å². The van der Waals surface area contributed by atoms with E-state index in [0.717, 1.165) is 24.3 Å². The monoisotopic (exact) mass is 328 g/mol. The van der Waals surface area contributed by atoms with E-state index >= 15 is 0 Å². The van der Waals surface area contributed by atoms with Crippen molar-refractivity contribution in [1.82, 2.24) is 15.3 Å². The van der Waals surface area contributed by atoms with Crippen molar-refractivity contribution in [3.63, 3.8) is 0 Å². The fourth-order valence-electron chi connectivity index (χ4n) is 2.16. The zero-order chi connectivity index (χ0) is 17.4. The quantitative estimate of drug-likeness (QED) is 0.779. The molecule has 1 heterocycles. The minimum Gasteiger partial charge on any atom is -0.496 e. The van der Waals surface area contributed by atoms with Crippen molar-refractivity contribution in [2.75, 3.05) is 19.0 Å². The van der Waals surface area contributed by atoms with Gasteiger partial charge >= 0.3 is 0 Å². The van der Waals surface area contributed by atoms with Gasteiger partial charge in [0, 0.05) is 24.8 Å². The number of carbonyl (C=O) groups is 1. The minimum absolute atomic E-state index is 0.241. The zero-order valence-corrected chi connectivity index (χ0v) is 14.4. The number of ether oxygens (including phenoxy) is 1. The molecule has 2 aromatic rings. The predicted octanol–water partition coefficient (Wildman–Crippen LogP) is 2.87. The van der Waals surface area contributed by atoms with Gasteiger partial charge in [0.25, 0.3) is 5.91 Å². The number of aromatic nitrogens is 2. The van der Waals surface area contributed by atoms with Crippen LogP contribution in [-0.4, -0.2) is 29.5 Å². The molecule has 0 atom stereocenters. The number of anilines is 1. The molecule has 6 heteroatoms. The van der Waals surface area contributed by atoms with Crippen molar-refractivity contribution in [1.29, 1.82) is 0 Å². The van der Waals surface area contributed by atoms with Crippen LogP contribution in [-0.2, 0) is 6.54 Å². The van der Waals surface area contributed by atoms with Gasteiger partial charge in [-0.1, -0.05) is 32.0 Å². The summed E-state index contributed by atoms with van der Waals surface area (Å²) in [7, 11) is 1.61. The summed E-state index contributed by atoms with van der Waals surface area (Å²) in [6, 6.07) is 9.18. The maximum absolute atomic E-state index is 12.3. The molecule has 0 saturated carbocycles. The summed E-state index contributed by atoms with van der Waals surface area (Å²) in [5, 5.41) is 6.00. The van der Waals surface area contributed by atoms with Crippen LogP contribution in [0.25, 0.3) is 0 Å². The third-order valence-corrected chi connectivity index (χ3v) is 3.52. The Morgan fingerprint density at radius 3 is 2.79 bits per heavy atom. The van der Waals surface area contributed by atoms with Crippen LogP contribution >= 0.6 is 0 Å². The Labute approximate surface area is 142 Å². The Morgan fingerprint density at radius 2 is 2.04 bits per heavy atom. The Morgan fingerprint density at radius 1 is 1.25 bits per heavy atom. The number of hydrogen-bond donors (Lipinski definition) is 2. The molecule has 1 aromatic carbocycles. The third-order valence-electron chi connectivity index (χ3n) is 3.52. The highest BCUT2D eigenvalue weighted by Gasteiger charge is 2.10. The van der Waals surface area contributed by atoms with E-state index in [0.29, 0.717) is 24.1 Å². The molecule has 2 rings (SSSR count). The second kappa shape index (κ2) is 8.86. The summed E-state index contributed by atoms with van der Waals surface area (Å²) in [6.45, 7) is 5.47. The second-order valence-electron chi connectivity index (χ2n) is 5.87. The van der Waals surface area contributed by atoms with Crippen LogP contribution in [0.1, 0.15) is 36.3 Å². The molecule has 0 bridgehead atoms. The second-order valence-corrected chi connectivity index (χ2v) is 5.87. The molecule has 0 spiro atoms. The Bertz CT molecular complexity index is 674. The average Bonchev–Trinajstić information content (AvgIpc) is 2.60. The lowest BCUT2D eigenvalue weighted by molar-refractivity contribution is 0.0945. The van der Waals surface area contributed by atoms with Crippen molar-refractivity contribution >= 4 is 11.9 Å². The smallest absolute Gasteiger partial charge is 0.270 e. The topological polar surface area (TPSA) is 76.1 Å². The highest BCUT2D eigenvalue weighted by Crippen LogP contribution is 2.16. The zero-order valence-electron chi connectivity index (χ0n) is 14.4. The lowest BCUT2D eigenvalue weighted by atomic mass is 10.1. The summed E-state index contributed by atoms with van der Waals surface area (Å²) < 4.78 is 5.28. The molecular weight excluding hydrogens is 304 g/mol. The molecule has 0 aliphatic heterocycles. The van der Waals surface area contributed by atoms with E-state index in [9.17, 15) is 4.79 Å². The maximum Gasteiger partial charge on any atom is 0.270 e. The molecule has 1 aromatic heterocycles. The number of nitrogens with zero attached hydrogens (tertiary/aromatic N) is 2. The molecule has 128 valence electrons. The van der Waals surface area contributed by atoms with Crippen molar-refractivity contribution < 1.29 is 9.53 Å². The van der Waals surface area contributed by atoms with Gasteiger partial charge in [0.1, 0.15) is 11.4 Å². The molecule has 0 aliphatic rings. The first-order chi connectivity index (χ1) is 11.6. The maximum atomic E-state index is 12.3. The van der Waals surface area contributed by atoms with Crippen LogP contribution in [0.5, 0.6) is 5.75 Å². The van der Waals surface area contributed by atoms with Gasteiger partial charge in [-0.2, -0.15) is 0 Å². The fraction of sp³-hybridized carbons (Fsp3) is 0.389. The number of carbonyl (C=O) groups excluding carboxylic acids is 1. The van der Waals surface area contributed by atoms with E-state index in [4.69, 9.17) is 4.74 Å². The number of hydrogen-bond acceptors (Lipinski definition) is 5. The standard InChI is InChI=1S/C18H24N4O2/c1-13(2)8-10-19-18-20-11-9-15(22-18)17(23)21-12-14-6-4-5-7-16(14)24-3/h4-7,9,11,13H,8,10,12H2,1-3H3,(H,21,23)(H,19,20,22). The summed E-state index contributed by atoms with van der Waals surface area (Å²) >= 11 is 0. The van der Waals surface area contributed by atoms with Gasteiger partial charge in [-0.05, 0) is 24.5 Å². The molecular formula is C18H24N4O2. The van der Waals surface area contributed by atoms with E-state index in [-0.39, 0.29) is 5.91 Å². The van der Waals surface area contributed by atoms with Gasteiger partial charge in [0.05, 0.1) is 7.11 Å². The summed E-state index contributed by atoms with van der Waals surface area (Å²) in [4.78, 5) is 20.7. The molecule has 2 N–H and O–H groups in total. The Balaban J connectivity index is 1.94. The Hall–Kier alpha value is -2.63. The first-order valence-electron chi connectivity index (χ1n) is 8.07. The lowest BCUT2D eigenvalue weighted by Gasteiger charge is -2.10. The van der Waals surface area contributed by atoms with Crippen LogP contribution in [0.2, 0.25) is 0 Å². The first-order valence-corrected chi connectivity index (χ1v) is 8.07. The number of nitrogens with one attached hydrogen (secondary N) is 2. The Kier molecular flexibility index (Phi) is 6.54. The van der Waals surface area contributed by atoms with Gasteiger partial charge in [-0.25, -0.2) is 9.97 Å². The van der Waals surface area contributed by atoms with E-state index < -0.39 is 0 Å². The van der Waals surface area contributed by atoms with E-state index in [1.165, 1.54) is 0 Å². The van der Waals surface area contributed by atoms with Gasteiger partial charge in [0.15, 0.2) is 0 Å². The van der Waals surface area contributed by atoms with E-state index in [1.807, 2.05) is 24.3 Å². The van der Waals surface area contributed by atoms with Gasteiger partial charge in [-0.15, -0.1) is 0 Å². The van der Waals surface area contributed by atoms with Crippen LogP contribution in [0.3, 0.4) is 0 Å². The predicted molar refractivity (Wildman–Crippen MR) is 94.1 cm³/mol. The summed E-state index contributed by atoms with van der Waals surface area (Å²) in [6.07, 6.45) is 2.61. The first kappa shape index (κ1) is 17.7. The molecule has 24 heavy (non-hydrogen) atoms. The largest absolute Gasteiger partial charge is 0.496 e. The van der Waals surface area contributed by atoms with E-state index in [2.05, 4.69) is 34.4 Å². The minimum atomic E-state index is -0.241.